The molecule has 0 atom stereocenters. The number of urea groups is 1. The van der Waals surface area contributed by atoms with Gasteiger partial charge in [0, 0.05) is 43.0 Å². The lowest BCUT2D eigenvalue weighted by atomic mass is 10.2. The van der Waals surface area contributed by atoms with Crippen LogP contribution in [-0.2, 0) is 0 Å². The van der Waals surface area contributed by atoms with Crippen LogP contribution in [0.2, 0.25) is 5.02 Å². The molecule has 0 spiro atoms. The minimum atomic E-state index is -0.141. The number of carbonyl (C=O) groups is 1. The van der Waals surface area contributed by atoms with Crippen LogP contribution in [0.25, 0.3) is 0 Å². The Morgan fingerprint density at radius 2 is 1.89 bits per heavy atom. The van der Waals surface area contributed by atoms with E-state index in [1.807, 2.05) is 19.1 Å². The molecule has 0 radical (unpaired) electrons. The Labute approximate surface area is 163 Å². The molecule has 0 aliphatic carbocycles. The van der Waals surface area contributed by atoms with E-state index in [9.17, 15) is 4.79 Å². The van der Waals surface area contributed by atoms with E-state index in [1.165, 1.54) is 7.11 Å². The van der Waals surface area contributed by atoms with Gasteiger partial charge in [-0.15, -0.1) is 0 Å². The minimum Gasteiger partial charge on any atom is -0.481 e. The molecule has 1 fully saturated rings. The summed E-state index contributed by atoms with van der Waals surface area (Å²) < 4.78 is 10.3. The van der Waals surface area contributed by atoms with Crippen molar-refractivity contribution < 1.29 is 14.3 Å². The quantitative estimate of drug-likeness (QED) is 0.863. The lowest BCUT2D eigenvalue weighted by molar-refractivity contribution is 0.208. The van der Waals surface area contributed by atoms with Crippen molar-refractivity contribution in [3.63, 3.8) is 0 Å². The summed E-state index contributed by atoms with van der Waals surface area (Å²) in [5, 5.41) is 3.56. The fourth-order valence-corrected chi connectivity index (χ4v) is 3.00. The van der Waals surface area contributed by atoms with E-state index in [0.29, 0.717) is 42.9 Å². The number of nitrogens with zero attached hydrogens (tertiary/aromatic N) is 4. The van der Waals surface area contributed by atoms with E-state index < -0.39 is 0 Å². The van der Waals surface area contributed by atoms with E-state index >= 15 is 0 Å². The third-order valence-electron chi connectivity index (χ3n) is 4.46. The summed E-state index contributed by atoms with van der Waals surface area (Å²) in [5.41, 5.74) is 1.58. The highest BCUT2D eigenvalue weighted by atomic mass is 35.5. The van der Waals surface area contributed by atoms with Crippen molar-refractivity contribution in [2.75, 3.05) is 50.6 Å². The van der Waals surface area contributed by atoms with Gasteiger partial charge in [0.1, 0.15) is 5.82 Å². The Hall–Kier alpha value is -2.74. The molecule has 1 aromatic carbocycles. The van der Waals surface area contributed by atoms with Crippen LogP contribution in [0, 0.1) is 6.92 Å². The normalized spacial score (nSPS) is 14.1. The number of carbonyl (C=O) groups excluding carboxylic acids is 1. The molecule has 3 rings (SSSR count). The molecule has 1 N–H and O–H groups in total. The molecule has 27 heavy (non-hydrogen) atoms. The van der Waals surface area contributed by atoms with Crippen molar-refractivity contribution in [2.24, 2.45) is 0 Å². The number of hydrogen-bond donors (Lipinski definition) is 1. The fourth-order valence-electron chi connectivity index (χ4n) is 2.83. The van der Waals surface area contributed by atoms with Crippen LogP contribution < -0.4 is 19.7 Å². The lowest BCUT2D eigenvalue weighted by Crippen LogP contribution is -2.50. The second-order valence-corrected chi connectivity index (χ2v) is 6.48. The van der Waals surface area contributed by atoms with Crippen LogP contribution in [0.3, 0.4) is 0 Å². The van der Waals surface area contributed by atoms with Crippen molar-refractivity contribution in [3.8, 4) is 11.9 Å². The molecule has 2 amide bonds. The van der Waals surface area contributed by atoms with Crippen LogP contribution in [0.5, 0.6) is 11.9 Å². The van der Waals surface area contributed by atoms with Gasteiger partial charge < -0.3 is 24.6 Å². The number of methoxy groups -OCH3 is 2. The Bertz CT molecular complexity index is 802. The number of hydrogen-bond acceptors (Lipinski definition) is 6. The summed E-state index contributed by atoms with van der Waals surface area (Å²) in [7, 11) is 3.06. The van der Waals surface area contributed by atoms with Gasteiger partial charge in [-0.3, -0.25) is 0 Å². The van der Waals surface area contributed by atoms with Gasteiger partial charge in [0.2, 0.25) is 5.88 Å². The summed E-state index contributed by atoms with van der Waals surface area (Å²) in [6, 6.07) is 7.33. The topological polar surface area (TPSA) is 79.8 Å². The highest BCUT2D eigenvalue weighted by Crippen LogP contribution is 2.24. The molecule has 1 saturated heterocycles. The average Bonchev–Trinajstić information content (AvgIpc) is 2.71. The maximum Gasteiger partial charge on any atom is 0.321 e. The van der Waals surface area contributed by atoms with Crippen molar-refractivity contribution in [1.29, 1.82) is 0 Å². The number of amides is 2. The van der Waals surface area contributed by atoms with Crippen LogP contribution in [0.4, 0.5) is 16.3 Å². The van der Waals surface area contributed by atoms with Crippen molar-refractivity contribution >= 4 is 29.1 Å². The van der Waals surface area contributed by atoms with E-state index in [2.05, 4.69) is 20.2 Å². The SMILES string of the molecule is COc1cc(N2CCN(C(=O)Nc3cccc(Cl)c3C)CC2)nc(OC)n1. The summed E-state index contributed by atoms with van der Waals surface area (Å²) in [4.78, 5) is 24.9. The monoisotopic (exact) mass is 391 g/mol. The van der Waals surface area contributed by atoms with E-state index in [0.717, 1.165) is 11.3 Å². The molecular weight excluding hydrogens is 370 g/mol. The first-order chi connectivity index (χ1) is 13.0. The molecule has 0 bridgehead atoms. The standard InChI is InChI=1S/C18H22ClN5O3/c1-12-13(19)5-4-6-14(12)20-18(25)24-9-7-23(8-10-24)15-11-16(26-2)22-17(21-15)27-3/h4-6,11H,7-10H2,1-3H3,(H,20,25). The Morgan fingerprint density at radius 3 is 2.56 bits per heavy atom. The molecule has 1 aliphatic rings. The zero-order chi connectivity index (χ0) is 19.4. The maximum absolute atomic E-state index is 12.6. The van der Waals surface area contributed by atoms with Crippen LogP contribution >= 0.6 is 11.6 Å². The smallest absolute Gasteiger partial charge is 0.321 e. The van der Waals surface area contributed by atoms with Gasteiger partial charge in [-0.25, -0.2) is 4.79 Å². The number of anilines is 2. The summed E-state index contributed by atoms with van der Waals surface area (Å²) >= 11 is 6.12. The van der Waals surface area contributed by atoms with Gasteiger partial charge >= 0.3 is 12.0 Å². The van der Waals surface area contributed by atoms with E-state index in [1.54, 1.807) is 24.1 Å². The third kappa shape index (κ3) is 4.33. The predicted octanol–water partition coefficient (Wildman–Crippen LogP) is 2.81. The second-order valence-electron chi connectivity index (χ2n) is 6.07. The molecular formula is C18H22ClN5O3. The predicted molar refractivity (Wildman–Crippen MR) is 104 cm³/mol. The van der Waals surface area contributed by atoms with Gasteiger partial charge in [-0.1, -0.05) is 17.7 Å². The summed E-state index contributed by atoms with van der Waals surface area (Å²) in [6.07, 6.45) is 0. The number of halogens is 1. The molecule has 2 heterocycles. The number of ether oxygens (including phenoxy) is 2. The van der Waals surface area contributed by atoms with Crippen LogP contribution in [-0.4, -0.2) is 61.3 Å². The molecule has 8 nitrogen and oxygen atoms in total. The molecule has 0 saturated carbocycles. The zero-order valence-electron chi connectivity index (χ0n) is 15.5. The van der Waals surface area contributed by atoms with Crippen molar-refractivity contribution in [1.82, 2.24) is 14.9 Å². The summed E-state index contributed by atoms with van der Waals surface area (Å²) in [6.45, 7) is 4.31. The highest BCUT2D eigenvalue weighted by Gasteiger charge is 2.23. The number of piperazine rings is 1. The number of benzene rings is 1. The van der Waals surface area contributed by atoms with E-state index in [-0.39, 0.29) is 12.0 Å². The number of nitrogens with one attached hydrogen (secondary N) is 1. The zero-order valence-corrected chi connectivity index (χ0v) is 16.3. The van der Waals surface area contributed by atoms with Gasteiger partial charge in [0.25, 0.3) is 0 Å². The number of aromatic nitrogens is 2. The number of rotatable bonds is 4. The molecule has 1 aliphatic heterocycles. The maximum atomic E-state index is 12.6. The second kappa shape index (κ2) is 8.30. The molecule has 9 heteroatoms. The molecule has 144 valence electrons. The Morgan fingerprint density at radius 1 is 1.15 bits per heavy atom. The largest absolute Gasteiger partial charge is 0.481 e. The Kier molecular flexibility index (Phi) is 5.85. The van der Waals surface area contributed by atoms with Gasteiger partial charge in [0.05, 0.1) is 14.2 Å². The highest BCUT2D eigenvalue weighted by molar-refractivity contribution is 6.31. The molecule has 1 aromatic heterocycles. The first-order valence-corrected chi connectivity index (χ1v) is 8.92. The first-order valence-electron chi connectivity index (χ1n) is 8.55. The van der Waals surface area contributed by atoms with Crippen molar-refractivity contribution in [2.45, 2.75) is 6.92 Å². The fraction of sp³-hybridized carbons (Fsp3) is 0.389. The van der Waals surface area contributed by atoms with Gasteiger partial charge in [-0.2, -0.15) is 9.97 Å². The van der Waals surface area contributed by atoms with E-state index in [4.69, 9.17) is 21.1 Å². The van der Waals surface area contributed by atoms with Gasteiger partial charge in [0.15, 0.2) is 0 Å². The molecule has 0 unspecified atom stereocenters. The lowest BCUT2D eigenvalue weighted by Gasteiger charge is -2.35. The van der Waals surface area contributed by atoms with Gasteiger partial charge in [-0.05, 0) is 24.6 Å². The molecule has 2 aromatic rings. The van der Waals surface area contributed by atoms with Crippen LogP contribution in [0.15, 0.2) is 24.3 Å². The van der Waals surface area contributed by atoms with Crippen molar-refractivity contribution in [3.05, 3.63) is 34.9 Å². The first kappa shape index (κ1) is 19.0. The third-order valence-corrected chi connectivity index (χ3v) is 4.87. The summed E-state index contributed by atoms with van der Waals surface area (Å²) in [5.74, 6) is 1.15. The van der Waals surface area contributed by atoms with Crippen LogP contribution in [0.1, 0.15) is 5.56 Å². The minimum absolute atomic E-state index is 0.141. The average molecular weight is 392 g/mol. The Balaban J connectivity index is 1.63.